The van der Waals surface area contributed by atoms with E-state index < -0.39 is 0 Å². The first-order chi connectivity index (χ1) is 7.62. The minimum atomic E-state index is -0.264. The summed E-state index contributed by atoms with van der Waals surface area (Å²) in [6.45, 7) is 1.93. The molecule has 1 heterocycles. The van der Waals surface area contributed by atoms with Crippen molar-refractivity contribution in [3.63, 3.8) is 0 Å². The Morgan fingerprint density at radius 3 is 2.81 bits per heavy atom. The maximum Gasteiger partial charge on any atom is 0.190 e. The lowest BCUT2D eigenvalue weighted by molar-refractivity contribution is 0.112. The average Bonchev–Trinajstić information content (AvgIpc) is 2.28. The van der Waals surface area contributed by atoms with E-state index in [1.807, 2.05) is 13.2 Å². The Bertz CT molecular complexity index is 388. The zero-order valence-corrected chi connectivity index (χ0v) is 10.6. The van der Waals surface area contributed by atoms with Gasteiger partial charge in [0.2, 0.25) is 0 Å². The molecule has 0 aliphatic rings. The second-order valence-corrected chi connectivity index (χ2v) is 4.17. The second-order valence-electron chi connectivity index (χ2n) is 3.04. The van der Waals surface area contributed by atoms with Crippen LogP contribution in [-0.4, -0.2) is 28.7 Å². The molecule has 1 atom stereocenters. The van der Waals surface area contributed by atoms with Crippen molar-refractivity contribution in [2.45, 2.75) is 24.7 Å². The second kappa shape index (κ2) is 6.03. The number of aldehydes is 1. The highest BCUT2D eigenvalue weighted by atomic mass is 35.5. The predicted molar refractivity (Wildman–Crippen MR) is 66.1 cm³/mol. The van der Waals surface area contributed by atoms with E-state index in [0.717, 1.165) is 0 Å². The Morgan fingerprint density at radius 1 is 1.62 bits per heavy atom. The number of nitrogens with zero attached hydrogens (tertiary/aromatic N) is 2. The Kier molecular flexibility index (Phi) is 4.98. The number of halogens is 1. The molecule has 0 aromatic carbocycles. The van der Waals surface area contributed by atoms with Crippen LogP contribution < -0.4 is 11.1 Å². The number of aromatic nitrogens is 2. The summed E-state index contributed by atoms with van der Waals surface area (Å²) in [5, 5.41) is 3.56. The lowest BCUT2D eigenvalue weighted by atomic mass is 10.3. The largest absolute Gasteiger partial charge is 0.354 e. The Labute approximate surface area is 103 Å². The van der Waals surface area contributed by atoms with Gasteiger partial charge in [0.05, 0.1) is 11.7 Å². The number of anilines is 1. The molecule has 0 amide bonds. The van der Waals surface area contributed by atoms with E-state index in [-0.39, 0.29) is 16.9 Å². The molecule has 0 radical (unpaired) electrons. The van der Waals surface area contributed by atoms with Gasteiger partial charge < -0.3 is 11.1 Å². The minimum Gasteiger partial charge on any atom is -0.354 e. The molecular formula is C9H13ClN4OS. The van der Waals surface area contributed by atoms with Crippen molar-refractivity contribution in [3.05, 3.63) is 10.7 Å². The zero-order chi connectivity index (χ0) is 12.1. The topological polar surface area (TPSA) is 80.9 Å². The molecule has 16 heavy (non-hydrogen) atoms. The highest BCUT2D eigenvalue weighted by Crippen LogP contribution is 2.23. The van der Waals surface area contributed by atoms with E-state index in [0.29, 0.717) is 23.7 Å². The van der Waals surface area contributed by atoms with E-state index in [4.69, 9.17) is 17.3 Å². The SMILES string of the molecule is CCC(N)Nc1nc(SC)nc(Cl)c1C=O. The fourth-order valence-corrected chi connectivity index (χ4v) is 1.64. The third kappa shape index (κ3) is 3.07. The average molecular weight is 261 g/mol. The number of rotatable bonds is 5. The molecule has 1 aromatic rings. The van der Waals surface area contributed by atoms with Crippen LogP contribution in [0.1, 0.15) is 23.7 Å². The molecule has 0 spiro atoms. The molecular weight excluding hydrogens is 248 g/mol. The van der Waals surface area contributed by atoms with Crippen LogP contribution in [-0.2, 0) is 0 Å². The number of hydrogen-bond acceptors (Lipinski definition) is 6. The van der Waals surface area contributed by atoms with E-state index in [9.17, 15) is 4.79 Å². The monoisotopic (exact) mass is 260 g/mol. The molecule has 3 N–H and O–H groups in total. The quantitative estimate of drug-likeness (QED) is 0.276. The van der Waals surface area contributed by atoms with Gasteiger partial charge in [0.25, 0.3) is 0 Å². The normalized spacial score (nSPS) is 12.2. The first-order valence-electron chi connectivity index (χ1n) is 4.71. The molecule has 0 bridgehead atoms. The summed E-state index contributed by atoms with van der Waals surface area (Å²) in [5.74, 6) is 0.383. The van der Waals surface area contributed by atoms with Gasteiger partial charge in [-0.25, -0.2) is 9.97 Å². The number of nitrogens with two attached hydrogens (primary N) is 1. The smallest absolute Gasteiger partial charge is 0.190 e. The van der Waals surface area contributed by atoms with Crippen LogP contribution in [0.4, 0.5) is 5.82 Å². The first-order valence-corrected chi connectivity index (χ1v) is 6.31. The van der Waals surface area contributed by atoms with Crippen LogP contribution in [0.3, 0.4) is 0 Å². The molecule has 0 aliphatic carbocycles. The maximum atomic E-state index is 10.9. The summed E-state index contributed by atoms with van der Waals surface area (Å²) in [6, 6.07) is 0. The van der Waals surface area contributed by atoms with Crippen molar-refractivity contribution in [3.8, 4) is 0 Å². The van der Waals surface area contributed by atoms with Crippen molar-refractivity contribution >= 4 is 35.5 Å². The van der Waals surface area contributed by atoms with Crippen molar-refractivity contribution in [2.24, 2.45) is 5.73 Å². The van der Waals surface area contributed by atoms with E-state index >= 15 is 0 Å². The van der Waals surface area contributed by atoms with Gasteiger partial charge in [-0.1, -0.05) is 30.3 Å². The molecule has 0 fully saturated rings. The summed E-state index contributed by atoms with van der Waals surface area (Å²) in [6.07, 6.45) is 2.90. The van der Waals surface area contributed by atoms with Gasteiger partial charge in [-0.05, 0) is 12.7 Å². The molecule has 5 nitrogen and oxygen atoms in total. The Hall–Kier alpha value is -0.850. The van der Waals surface area contributed by atoms with Crippen LogP contribution in [0.15, 0.2) is 5.16 Å². The molecule has 1 rings (SSSR count). The maximum absolute atomic E-state index is 10.9. The van der Waals surface area contributed by atoms with Gasteiger partial charge in [-0.15, -0.1) is 0 Å². The first kappa shape index (κ1) is 13.2. The number of carbonyl (C=O) groups is 1. The van der Waals surface area contributed by atoms with Gasteiger partial charge in [-0.2, -0.15) is 0 Å². The van der Waals surface area contributed by atoms with Crippen molar-refractivity contribution in [1.29, 1.82) is 0 Å². The molecule has 88 valence electrons. The highest BCUT2D eigenvalue weighted by molar-refractivity contribution is 7.98. The summed E-state index contributed by atoms with van der Waals surface area (Å²) in [4.78, 5) is 19.0. The number of nitrogens with one attached hydrogen (secondary N) is 1. The fourth-order valence-electron chi connectivity index (χ4n) is 1.01. The predicted octanol–water partition coefficient (Wildman–Crippen LogP) is 1.77. The Balaban J connectivity index is 3.12. The van der Waals surface area contributed by atoms with E-state index in [2.05, 4.69) is 15.3 Å². The van der Waals surface area contributed by atoms with Gasteiger partial charge in [0, 0.05) is 0 Å². The lowest BCUT2D eigenvalue weighted by Gasteiger charge is -2.14. The van der Waals surface area contributed by atoms with Crippen LogP contribution in [0.2, 0.25) is 5.15 Å². The fraction of sp³-hybridized carbons (Fsp3) is 0.444. The standard InChI is InChI=1S/C9H13ClN4OS/c1-3-6(11)12-8-5(4-15)7(10)13-9(14-8)16-2/h4,6H,3,11H2,1-2H3,(H,12,13,14). The summed E-state index contributed by atoms with van der Waals surface area (Å²) < 4.78 is 0. The number of hydrogen-bond donors (Lipinski definition) is 2. The molecule has 0 saturated carbocycles. The zero-order valence-electron chi connectivity index (χ0n) is 9.03. The van der Waals surface area contributed by atoms with Crippen LogP contribution >= 0.6 is 23.4 Å². The summed E-state index contributed by atoms with van der Waals surface area (Å²) >= 11 is 7.21. The molecule has 0 saturated heterocycles. The van der Waals surface area contributed by atoms with Crippen LogP contribution in [0, 0.1) is 0 Å². The summed E-state index contributed by atoms with van der Waals surface area (Å²) in [5.41, 5.74) is 5.97. The van der Waals surface area contributed by atoms with Crippen molar-refractivity contribution in [1.82, 2.24) is 9.97 Å². The van der Waals surface area contributed by atoms with Gasteiger partial charge >= 0.3 is 0 Å². The molecule has 1 aromatic heterocycles. The number of thioether (sulfide) groups is 1. The number of carbonyl (C=O) groups excluding carboxylic acids is 1. The third-order valence-corrected chi connectivity index (χ3v) is 2.78. The van der Waals surface area contributed by atoms with Crippen molar-refractivity contribution in [2.75, 3.05) is 11.6 Å². The third-order valence-electron chi connectivity index (χ3n) is 1.94. The van der Waals surface area contributed by atoms with Crippen LogP contribution in [0.5, 0.6) is 0 Å². The minimum absolute atomic E-state index is 0.139. The highest BCUT2D eigenvalue weighted by Gasteiger charge is 2.13. The van der Waals surface area contributed by atoms with Crippen LogP contribution in [0.25, 0.3) is 0 Å². The molecule has 1 unspecified atom stereocenters. The lowest BCUT2D eigenvalue weighted by Crippen LogP contribution is -2.29. The Morgan fingerprint density at radius 2 is 2.31 bits per heavy atom. The van der Waals surface area contributed by atoms with E-state index in [1.54, 1.807) is 0 Å². The molecule has 0 aliphatic heterocycles. The molecule has 7 heteroatoms. The van der Waals surface area contributed by atoms with Gasteiger partial charge in [-0.3, -0.25) is 4.79 Å². The van der Waals surface area contributed by atoms with Crippen molar-refractivity contribution < 1.29 is 4.79 Å². The van der Waals surface area contributed by atoms with Gasteiger partial charge in [0.1, 0.15) is 11.0 Å². The van der Waals surface area contributed by atoms with E-state index in [1.165, 1.54) is 11.8 Å². The van der Waals surface area contributed by atoms with Gasteiger partial charge in [0.15, 0.2) is 11.4 Å². The summed E-state index contributed by atoms with van der Waals surface area (Å²) in [7, 11) is 0.